The number of rotatable bonds is 5. The SMILES string of the molecule is CCC(C)(C)N(C(=O)c1ccccc1C)C1CC(=O)N(c2ccc(Cl)cc2)C1=O. The van der Waals surface area contributed by atoms with Gasteiger partial charge in [-0.1, -0.05) is 36.7 Å². The summed E-state index contributed by atoms with van der Waals surface area (Å²) in [5.41, 5.74) is 1.24. The van der Waals surface area contributed by atoms with Gasteiger partial charge in [-0.05, 0) is 63.1 Å². The third-order valence-electron chi connectivity index (χ3n) is 5.63. The molecule has 0 radical (unpaired) electrons. The Labute approximate surface area is 176 Å². The molecule has 0 aromatic heterocycles. The summed E-state index contributed by atoms with van der Waals surface area (Å²) in [5.74, 6) is -0.948. The van der Waals surface area contributed by atoms with Gasteiger partial charge in [-0.15, -0.1) is 0 Å². The predicted molar refractivity (Wildman–Crippen MR) is 114 cm³/mol. The first kappa shape index (κ1) is 21.1. The summed E-state index contributed by atoms with van der Waals surface area (Å²) in [4.78, 5) is 42.3. The van der Waals surface area contributed by atoms with Crippen molar-refractivity contribution in [2.75, 3.05) is 4.90 Å². The van der Waals surface area contributed by atoms with Crippen LogP contribution >= 0.6 is 11.6 Å². The van der Waals surface area contributed by atoms with Crippen molar-refractivity contribution in [3.8, 4) is 0 Å². The minimum atomic E-state index is -0.847. The van der Waals surface area contributed by atoms with E-state index in [0.717, 1.165) is 10.5 Å². The van der Waals surface area contributed by atoms with E-state index in [2.05, 4.69) is 0 Å². The Morgan fingerprint density at radius 2 is 1.76 bits per heavy atom. The molecule has 1 atom stereocenters. The van der Waals surface area contributed by atoms with Crippen molar-refractivity contribution in [2.24, 2.45) is 0 Å². The Hall–Kier alpha value is -2.66. The number of benzene rings is 2. The Bertz CT molecular complexity index is 953. The quantitative estimate of drug-likeness (QED) is 0.674. The Balaban J connectivity index is 2.02. The van der Waals surface area contributed by atoms with Crippen LogP contribution in [-0.2, 0) is 9.59 Å². The topological polar surface area (TPSA) is 57.7 Å². The zero-order chi connectivity index (χ0) is 21.3. The van der Waals surface area contributed by atoms with Gasteiger partial charge in [0.25, 0.3) is 11.8 Å². The van der Waals surface area contributed by atoms with Gasteiger partial charge in [0.2, 0.25) is 5.91 Å². The van der Waals surface area contributed by atoms with Gasteiger partial charge in [-0.2, -0.15) is 0 Å². The van der Waals surface area contributed by atoms with E-state index in [9.17, 15) is 14.4 Å². The standard InChI is InChI=1S/C23H25ClN2O3/c1-5-23(3,4)26(21(28)18-9-7-6-8-15(18)2)19-14-20(27)25(22(19)29)17-12-10-16(24)11-13-17/h6-13,19H,5,14H2,1-4H3. The molecule has 1 saturated heterocycles. The van der Waals surface area contributed by atoms with Crippen LogP contribution in [0, 0.1) is 6.92 Å². The van der Waals surface area contributed by atoms with Gasteiger partial charge < -0.3 is 4.90 Å². The molecule has 2 aromatic rings. The fourth-order valence-electron chi connectivity index (χ4n) is 3.63. The average molecular weight is 413 g/mol. The zero-order valence-electron chi connectivity index (χ0n) is 17.1. The van der Waals surface area contributed by atoms with Crippen molar-refractivity contribution in [2.45, 2.75) is 52.1 Å². The fourth-order valence-corrected chi connectivity index (χ4v) is 3.76. The van der Waals surface area contributed by atoms with Gasteiger partial charge in [0.05, 0.1) is 12.1 Å². The molecule has 0 N–H and O–H groups in total. The number of halogens is 1. The lowest BCUT2D eigenvalue weighted by atomic mass is 9.94. The van der Waals surface area contributed by atoms with E-state index in [0.29, 0.717) is 22.7 Å². The van der Waals surface area contributed by atoms with Crippen LogP contribution in [0.2, 0.25) is 5.02 Å². The van der Waals surface area contributed by atoms with Crippen LogP contribution < -0.4 is 4.90 Å². The second-order valence-electron chi connectivity index (χ2n) is 7.92. The van der Waals surface area contributed by atoms with Gasteiger partial charge in [-0.3, -0.25) is 14.4 Å². The molecule has 2 aromatic carbocycles. The highest BCUT2D eigenvalue weighted by Crippen LogP contribution is 2.33. The minimum Gasteiger partial charge on any atom is -0.321 e. The molecule has 1 fully saturated rings. The summed E-state index contributed by atoms with van der Waals surface area (Å²) in [6.45, 7) is 7.68. The Kier molecular flexibility index (Phi) is 5.80. The molecule has 1 unspecified atom stereocenters. The number of hydrogen-bond acceptors (Lipinski definition) is 3. The molecule has 0 bridgehead atoms. The van der Waals surface area contributed by atoms with Gasteiger partial charge in [-0.25, -0.2) is 4.90 Å². The van der Waals surface area contributed by atoms with Gasteiger partial charge in [0.15, 0.2) is 0 Å². The second-order valence-corrected chi connectivity index (χ2v) is 8.36. The van der Waals surface area contributed by atoms with E-state index < -0.39 is 11.6 Å². The van der Waals surface area contributed by atoms with Crippen molar-refractivity contribution < 1.29 is 14.4 Å². The normalized spacial score (nSPS) is 17.0. The van der Waals surface area contributed by atoms with Crippen molar-refractivity contribution in [1.29, 1.82) is 0 Å². The molecule has 152 valence electrons. The molecule has 3 amide bonds. The fraction of sp³-hybridized carbons (Fsp3) is 0.348. The van der Waals surface area contributed by atoms with E-state index in [1.165, 1.54) is 0 Å². The molecule has 5 nitrogen and oxygen atoms in total. The molecule has 0 saturated carbocycles. The van der Waals surface area contributed by atoms with E-state index in [1.807, 2.05) is 39.8 Å². The molecular formula is C23H25ClN2O3. The van der Waals surface area contributed by atoms with Gasteiger partial charge >= 0.3 is 0 Å². The molecule has 1 aliphatic heterocycles. The molecule has 1 aliphatic rings. The van der Waals surface area contributed by atoms with E-state index in [4.69, 9.17) is 11.6 Å². The molecule has 6 heteroatoms. The van der Waals surface area contributed by atoms with Crippen molar-refractivity contribution in [1.82, 2.24) is 4.90 Å². The number of aryl methyl sites for hydroxylation is 1. The first-order chi connectivity index (χ1) is 13.7. The number of hydrogen-bond donors (Lipinski definition) is 0. The average Bonchev–Trinajstić information content (AvgIpc) is 2.96. The van der Waals surface area contributed by atoms with Crippen LogP contribution in [0.4, 0.5) is 5.69 Å². The van der Waals surface area contributed by atoms with Crippen LogP contribution in [0.3, 0.4) is 0 Å². The lowest BCUT2D eigenvalue weighted by molar-refractivity contribution is -0.123. The van der Waals surface area contributed by atoms with Crippen LogP contribution in [0.5, 0.6) is 0 Å². The predicted octanol–water partition coefficient (Wildman–Crippen LogP) is 4.61. The van der Waals surface area contributed by atoms with Crippen molar-refractivity contribution in [3.05, 3.63) is 64.7 Å². The van der Waals surface area contributed by atoms with Gasteiger partial charge in [0, 0.05) is 16.1 Å². The van der Waals surface area contributed by atoms with Crippen LogP contribution in [0.15, 0.2) is 48.5 Å². The maximum absolute atomic E-state index is 13.5. The van der Waals surface area contributed by atoms with E-state index in [-0.39, 0.29) is 24.1 Å². The minimum absolute atomic E-state index is 0.0392. The lowest BCUT2D eigenvalue weighted by Crippen LogP contribution is -2.55. The largest absolute Gasteiger partial charge is 0.321 e. The number of amides is 3. The molecule has 3 rings (SSSR count). The summed E-state index contributed by atoms with van der Waals surface area (Å²) in [7, 11) is 0. The summed E-state index contributed by atoms with van der Waals surface area (Å²) in [5, 5.41) is 0.521. The summed E-state index contributed by atoms with van der Waals surface area (Å²) >= 11 is 5.93. The maximum Gasteiger partial charge on any atom is 0.257 e. The number of imide groups is 1. The number of anilines is 1. The Morgan fingerprint density at radius 1 is 1.14 bits per heavy atom. The van der Waals surface area contributed by atoms with E-state index >= 15 is 0 Å². The molecule has 1 heterocycles. The van der Waals surface area contributed by atoms with Crippen LogP contribution in [0.25, 0.3) is 0 Å². The van der Waals surface area contributed by atoms with Crippen LogP contribution in [-0.4, -0.2) is 34.2 Å². The zero-order valence-corrected chi connectivity index (χ0v) is 17.9. The molecule has 0 spiro atoms. The third-order valence-corrected chi connectivity index (χ3v) is 5.88. The molecule has 0 aliphatic carbocycles. The molecular weight excluding hydrogens is 388 g/mol. The highest BCUT2D eigenvalue weighted by Gasteiger charge is 2.48. The number of carbonyl (C=O) groups is 3. The second kappa shape index (κ2) is 7.99. The third kappa shape index (κ3) is 3.92. The van der Waals surface area contributed by atoms with E-state index in [1.54, 1.807) is 41.3 Å². The van der Waals surface area contributed by atoms with Crippen molar-refractivity contribution in [3.63, 3.8) is 0 Å². The summed E-state index contributed by atoms with van der Waals surface area (Å²) in [6.07, 6.45) is 0.603. The van der Waals surface area contributed by atoms with Gasteiger partial charge in [0.1, 0.15) is 6.04 Å². The van der Waals surface area contributed by atoms with Crippen LogP contribution in [0.1, 0.15) is 49.5 Å². The Morgan fingerprint density at radius 3 is 2.34 bits per heavy atom. The highest BCUT2D eigenvalue weighted by molar-refractivity contribution is 6.31. The summed E-state index contributed by atoms with van der Waals surface area (Å²) < 4.78 is 0. The number of carbonyl (C=O) groups excluding carboxylic acids is 3. The smallest absolute Gasteiger partial charge is 0.257 e. The van der Waals surface area contributed by atoms with Crippen molar-refractivity contribution >= 4 is 35.0 Å². The molecule has 29 heavy (non-hydrogen) atoms. The highest BCUT2D eigenvalue weighted by atomic mass is 35.5. The monoisotopic (exact) mass is 412 g/mol. The summed E-state index contributed by atoms with van der Waals surface area (Å²) in [6, 6.07) is 13.0. The first-order valence-electron chi connectivity index (χ1n) is 9.69. The lowest BCUT2D eigenvalue weighted by Gasteiger charge is -2.41. The maximum atomic E-state index is 13.5. The number of nitrogens with zero attached hydrogens (tertiary/aromatic N) is 2. The first-order valence-corrected chi connectivity index (χ1v) is 10.1.